The van der Waals surface area contributed by atoms with Crippen LogP contribution in [0.15, 0.2) is 24.3 Å². The molecule has 1 atom stereocenters. The molecule has 1 unspecified atom stereocenters. The molecule has 130 valence electrons. The summed E-state index contributed by atoms with van der Waals surface area (Å²) >= 11 is 0. The van der Waals surface area contributed by atoms with Crippen molar-refractivity contribution in [2.75, 3.05) is 20.7 Å². The lowest BCUT2D eigenvalue weighted by molar-refractivity contribution is -0.130. The van der Waals surface area contributed by atoms with Gasteiger partial charge in [0.15, 0.2) is 6.61 Å². The van der Waals surface area contributed by atoms with Gasteiger partial charge in [-0.2, -0.15) is 0 Å². The zero-order valence-electron chi connectivity index (χ0n) is 13.9. The molecule has 23 heavy (non-hydrogen) atoms. The normalized spacial score (nSPS) is 11.1. The maximum absolute atomic E-state index is 11.6. The fraction of sp³-hybridized carbons (Fsp3) is 0.500. The summed E-state index contributed by atoms with van der Waals surface area (Å²) in [6, 6.07) is 7.35. The maximum atomic E-state index is 11.6. The fourth-order valence-corrected chi connectivity index (χ4v) is 1.67. The molecule has 0 saturated heterocycles. The molecule has 0 radical (unpaired) electrons. The van der Waals surface area contributed by atoms with Crippen LogP contribution in [0.3, 0.4) is 0 Å². The van der Waals surface area contributed by atoms with Gasteiger partial charge in [0, 0.05) is 33.1 Å². The second kappa shape index (κ2) is 10.9. The Morgan fingerprint density at radius 1 is 1.35 bits per heavy atom. The summed E-state index contributed by atoms with van der Waals surface area (Å²) < 4.78 is 5.44. The molecule has 0 saturated carbocycles. The van der Waals surface area contributed by atoms with Gasteiger partial charge in [-0.3, -0.25) is 9.59 Å². The van der Waals surface area contributed by atoms with Crippen molar-refractivity contribution < 1.29 is 14.3 Å². The van der Waals surface area contributed by atoms with Crippen LogP contribution in [0, 0.1) is 0 Å². The topological polar surface area (TPSA) is 84.7 Å². The van der Waals surface area contributed by atoms with Gasteiger partial charge in [-0.05, 0) is 31.0 Å². The van der Waals surface area contributed by atoms with Crippen LogP contribution in [0.4, 0.5) is 0 Å². The standard InChI is InChI=1S/C16H25N3O3.ClH/c1-12(17)7-8-15(20)18-10-13-5-4-6-14(9-13)22-11-16(21)19(2)3;/h4-6,9,12H,7-8,10-11,17H2,1-3H3,(H,18,20);1H. The third-order valence-electron chi connectivity index (χ3n) is 3.08. The quantitative estimate of drug-likeness (QED) is 0.745. The first kappa shape index (κ1) is 21.2. The third kappa shape index (κ3) is 9.05. The van der Waals surface area contributed by atoms with E-state index in [1.54, 1.807) is 20.2 Å². The Labute approximate surface area is 143 Å². The van der Waals surface area contributed by atoms with Crippen LogP contribution < -0.4 is 15.8 Å². The van der Waals surface area contributed by atoms with Gasteiger partial charge in [-0.25, -0.2) is 0 Å². The predicted octanol–water partition coefficient (Wildman–Crippen LogP) is 1.32. The number of carbonyl (C=O) groups excluding carboxylic acids is 2. The summed E-state index contributed by atoms with van der Waals surface area (Å²) in [7, 11) is 3.36. The van der Waals surface area contributed by atoms with E-state index in [0.29, 0.717) is 25.1 Å². The molecule has 0 aliphatic heterocycles. The Kier molecular flexibility index (Phi) is 10.0. The van der Waals surface area contributed by atoms with Crippen molar-refractivity contribution in [3.8, 4) is 5.75 Å². The Morgan fingerprint density at radius 3 is 2.65 bits per heavy atom. The first-order valence-corrected chi connectivity index (χ1v) is 7.32. The van der Waals surface area contributed by atoms with Crippen LogP contribution in [0.5, 0.6) is 5.75 Å². The molecule has 1 aromatic rings. The number of hydrogen-bond acceptors (Lipinski definition) is 4. The molecular formula is C16H26ClN3O3. The van der Waals surface area contributed by atoms with Crippen molar-refractivity contribution in [1.82, 2.24) is 10.2 Å². The summed E-state index contributed by atoms with van der Waals surface area (Å²) in [5.74, 6) is 0.485. The Morgan fingerprint density at radius 2 is 2.04 bits per heavy atom. The Bertz CT molecular complexity index is 507. The highest BCUT2D eigenvalue weighted by Gasteiger charge is 2.06. The van der Waals surface area contributed by atoms with Crippen LogP contribution in [-0.2, 0) is 16.1 Å². The van der Waals surface area contributed by atoms with Gasteiger partial charge in [-0.15, -0.1) is 12.4 Å². The number of hydrogen-bond donors (Lipinski definition) is 2. The number of nitrogens with one attached hydrogen (secondary N) is 1. The molecular weight excluding hydrogens is 318 g/mol. The minimum Gasteiger partial charge on any atom is -0.484 e. The number of halogens is 1. The zero-order chi connectivity index (χ0) is 16.5. The van der Waals surface area contributed by atoms with Crippen molar-refractivity contribution >= 4 is 24.2 Å². The molecule has 2 amide bonds. The van der Waals surface area contributed by atoms with Crippen molar-refractivity contribution in [2.24, 2.45) is 5.73 Å². The highest BCUT2D eigenvalue weighted by Crippen LogP contribution is 2.13. The predicted molar refractivity (Wildman–Crippen MR) is 92.6 cm³/mol. The molecule has 0 aliphatic rings. The zero-order valence-corrected chi connectivity index (χ0v) is 14.7. The number of likely N-dealkylation sites (N-methyl/N-ethyl adjacent to an activating group) is 1. The third-order valence-corrected chi connectivity index (χ3v) is 3.08. The smallest absolute Gasteiger partial charge is 0.259 e. The van der Waals surface area contributed by atoms with Crippen LogP contribution in [0.2, 0.25) is 0 Å². The Balaban J connectivity index is 0.00000484. The van der Waals surface area contributed by atoms with E-state index in [9.17, 15) is 9.59 Å². The van der Waals surface area contributed by atoms with Crippen molar-refractivity contribution in [3.05, 3.63) is 29.8 Å². The minimum absolute atomic E-state index is 0. The number of ether oxygens (including phenoxy) is 1. The molecule has 0 aromatic heterocycles. The van der Waals surface area contributed by atoms with Crippen LogP contribution in [0.1, 0.15) is 25.3 Å². The second-order valence-electron chi connectivity index (χ2n) is 5.52. The Hall–Kier alpha value is -1.79. The van der Waals surface area contributed by atoms with Crippen LogP contribution >= 0.6 is 12.4 Å². The summed E-state index contributed by atoms with van der Waals surface area (Å²) in [6.07, 6.45) is 1.09. The van der Waals surface area contributed by atoms with Gasteiger partial charge < -0.3 is 20.7 Å². The lowest BCUT2D eigenvalue weighted by atomic mass is 10.2. The van der Waals surface area contributed by atoms with E-state index in [1.807, 2.05) is 25.1 Å². The monoisotopic (exact) mass is 343 g/mol. The fourth-order valence-electron chi connectivity index (χ4n) is 1.67. The molecule has 3 N–H and O–H groups in total. The molecule has 0 heterocycles. The van der Waals surface area contributed by atoms with Crippen LogP contribution in [-0.4, -0.2) is 43.5 Å². The van der Waals surface area contributed by atoms with E-state index in [-0.39, 0.29) is 36.9 Å². The highest BCUT2D eigenvalue weighted by atomic mass is 35.5. The number of nitrogens with two attached hydrogens (primary N) is 1. The maximum Gasteiger partial charge on any atom is 0.259 e. The molecule has 0 bridgehead atoms. The average Bonchev–Trinajstić information content (AvgIpc) is 2.48. The molecule has 0 fully saturated rings. The molecule has 1 aromatic carbocycles. The average molecular weight is 344 g/mol. The van der Waals surface area contributed by atoms with Crippen LogP contribution in [0.25, 0.3) is 0 Å². The van der Waals surface area contributed by atoms with Gasteiger partial charge in [-0.1, -0.05) is 12.1 Å². The molecule has 7 heteroatoms. The number of carbonyl (C=O) groups is 2. The first-order valence-electron chi connectivity index (χ1n) is 7.32. The molecule has 6 nitrogen and oxygen atoms in total. The van der Waals surface area contributed by atoms with Gasteiger partial charge in [0.25, 0.3) is 5.91 Å². The van der Waals surface area contributed by atoms with Gasteiger partial charge >= 0.3 is 0 Å². The lowest BCUT2D eigenvalue weighted by Gasteiger charge is -2.12. The summed E-state index contributed by atoms with van der Waals surface area (Å²) in [6.45, 7) is 2.30. The van der Waals surface area contributed by atoms with E-state index in [0.717, 1.165) is 5.56 Å². The summed E-state index contributed by atoms with van der Waals surface area (Å²) in [5, 5.41) is 2.84. The van der Waals surface area contributed by atoms with E-state index in [1.165, 1.54) is 4.90 Å². The minimum atomic E-state index is -0.102. The van der Waals surface area contributed by atoms with Crippen molar-refractivity contribution in [3.63, 3.8) is 0 Å². The lowest BCUT2D eigenvalue weighted by Crippen LogP contribution is -2.27. The van der Waals surface area contributed by atoms with Gasteiger partial charge in [0.05, 0.1) is 0 Å². The highest BCUT2D eigenvalue weighted by molar-refractivity contribution is 5.85. The SMILES string of the molecule is CC(N)CCC(=O)NCc1cccc(OCC(=O)N(C)C)c1.Cl. The number of nitrogens with zero attached hydrogens (tertiary/aromatic N) is 1. The van der Waals surface area contributed by atoms with Crippen molar-refractivity contribution in [1.29, 1.82) is 0 Å². The first-order chi connectivity index (χ1) is 10.4. The second-order valence-corrected chi connectivity index (χ2v) is 5.52. The van der Waals surface area contributed by atoms with Crippen molar-refractivity contribution in [2.45, 2.75) is 32.4 Å². The van der Waals surface area contributed by atoms with Gasteiger partial charge in [0.2, 0.25) is 5.91 Å². The molecule has 0 spiro atoms. The largest absolute Gasteiger partial charge is 0.484 e. The summed E-state index contributed by atoms with van der Waals surface area (Å²) in [4.78, 5) is 24.6. The number of rotatable bonds is 8. The molecule has 0 aliphatic carbocycles. The van der Waals surface area contributed by atoms with E-state index >= 15 is 0 Å². The number of benzene rings is 1. The van der Waals surface area contributed by atoms with E-state index in [4.69, 9.17) is 10.5 Å². The molecule has 1 rings (SSSR count). The van der Waals surface area contributed by atoms with Gasteiger partial charge in [0.1, 0.15) is 5.75 Å². The van der Waals surface area contributed by atoms with E-state index < -0.39 is 0 Å². The van der Waals surface area contributed by atoms with E-state index in [2.05, 4.69) is 5.32 Å². The summed E-state index contributed by atoms with van der Waals surface area (Å²) in [5.41, 5.74) is 6.54. The number of amides is 2.